The third-order valence-corrected chi connectivity index (χ3v) is 1.79. The van der Waals surface area contributed by atoms with Gasteiger partial charge in [0, 0.05) is 0 Å². The van der Waals surface area contributed by atoms with E-state index in [1.54, 1.807) is 13.8 Å². The van der Waals surface area contributed by atoms with Crippen LogP contribution in [0.25, 0.3) is 0 Å². The second-order valence-electron chi connectivity index (χ2n) is 3.64. The lowest BCUT2D eigenvalue weighted by molar-refractivity contribution is -0.117. The minimum atomic E-state index is -1.22. The molecule has 0 aliphatic heterocycles. The Morgan fingerprint density at radius 1 is 1.24 bits per heavy atom. The lowest BCUT2D eigenvalue weighted by Crippen LogP contribution is -2.58. The summed E-state index contributed by atoms with van der Waals surface area (Å²) in [6.07, 6.45) is -1.12. The maximum absolute atomic E-state index is 11.6. The van der Waals surface area contributed by atoms with Gasteiger partial charge in [-0.3, -0.25) is 0 Å². The summed E-state index contributed by atoms with van der Waals surface area (Å²) in [5.74, 6) is 0. The normalized spacial score (nSPS) is 10.4. The molecule has 7 nitrogen and oxygen atoms in total. The molecule has 0 aromatic rings. The summed E-state index contributed by atoms with van der Waals surface area (Å²) in [4.78, 5) is 33.7. The van der Waals surface area contributed by atoms with Crippen LogP contribution in [0.5, 0.6) is 0 Å². The Morgan fingerprint density at radius 2 is 1.76 bits per heavy atom. The van der Waals surface area contributed by atoms with Gasteiger partial charge in [0.05, 0.1) is 13.2 Å². The minimum absolute atomic E-state index is 0.134. The van der Waals surface area contributed by atoms with Crippen LogP contribution in [0.4, 0.5) is 9.59 Å². The van der Waals surface area contributed by atoms with Gasteiger partial charge in [0.2, 0.25) is 0 Å². The highest BCUT2D eigenvalue weighted by molar-refractivity contribution is 5.79. The van der Waals surface area contributed by atoms with Crippen LogP contribution in [-0.2, 0) is 14.3 Å². The molecule has 0 aliphatic rings. The number of nitrogens with zero attached hydrogens (tertiary/aromatic N) is 1. The lowest BCUT2D eigenvalue weighted by Gasteiger charge is -2.32. The number of carbonyl (C=O) groups excluding carboxylic acids is 3. The van der Waals surface area contributed by atoms with E-state index in [4.69, 9.17) is 4.74 Å². The van der Waals surface area contributed by atoms with Gasteiger partial charge in [0.15, 0.2) is 0 Å². The quantitative estimate of drug-likeness (QED) is 0.592. The van der Waals surface area contributed by atoms with E-state index in [0.717, 1.165) is 5.01 Å². The molecule has 0 fully saturated rings. The van der Waals surface area contributed by atoms with Crippen molar-refractivity contribution < 1.29 is 23.9 Å². The monoisotopic (exact) mass is 246 g/mol. The van der Waals surface area contributed by atoms with E-state index in [0.29, 0.717) is 6.29 Å². The van der Waals surface area contributed by atoms with Gasteiger partial charge < -0.3 is 14.3 Å². The zero-order valence-corrected chi connectivity index (χ0v) is 10.5. The number of carbonyl (C=O) groups is 3. The smallest absolute Gasteiger partial charge is 0.429 e. The number of ether oxygens (including phenoxy) is 2. The molecule has 98 valence electrons. The van der Waals surface area contributed by atoms with Crippen LogP contribution in [-0.4, -0.2) is 42.2 Å². The number of rotatable bonds is 4. The fraction of sp³-hybridized carbons (Fsp3) is 0.700. The molecule has 0 unspecified atom stereocenters. The maximum Gasteiger partial charge on any atom is 0.429 e. The van der Waals surface area contributed by atoms with E-state index in [-0.39, 0.29) is 13.2 Å². The fourth-order valence-electron chi connectivity index (χ4n) is 0.920. The number of aldehydes is 1. The van der Waals surface area contributed by atoms with Crippen molar-refractivity contribution >= 4 is 18.5 Å². The third-order valence-electron chi connectivity index (χ3n) is 1.79. The molecule has 7 heteroatoms. The van der Waals surface area contributed by atoms with Gasteiger partial charge >= 0.3 is 12.2 Å². The Bertz CT molecular complexity index is 290. The van der Waals surface area contributed by atoms with Crippen LogP contribution >= 0.6 is 0 Å². The maximum atomic E-state index is 11.6. The number of amides is 2. The predicted molar refractivity (Wildman–Crippen MR) is 59.2 cm³/mol. The Hall–Kier alpha value is -1.79. The predicted octanol–water partition coefficient (Wildman–Crippen LogP) is 1.08. The van der Waals surface area contributed by atoms with Gasteiger partial charge in [-0.15, -0.1) is 0 Å². The van der Waals surface area contributed by atoms with E-state index in [1.807, 2.05) is 0 Å². The van der Waals surface area contributed by atoms with Crippen LogP contribution in [0.15, 0.2) is 0 Å². The van der Waals surface area contributed by atoms with Gasteiger partial charge in [-0.1, -0.05) is 0 Å². The molecular formula is C10H18N2O5. The number of nitrogens with one attached hydrogen (secondary N) is 1. The van der Waals surface area contributed by atoms with Gasteiger partial charge in [-0.2, -0.15) is 0 Å². The van der Waals surface area contributed by atoms with Crippen molar-refractivity contribution in [3.05, 3.63) is 0 Å². The van der Waals surface area contributed by atoms with Crippen LogP contribution in [0.3, 0.4) is 0 Å². The summed E-state index contributed by atoms with van der Waals surface area (Å²) >= 11 is 0. The highest BCUT2D eigenvalue weighted by Crippen LogP contribution is 2.10. The second-order valence-corrected chi connectivity index (χ2v) is 3.64. The molecule has 17 heavy (non-hydrogen) atoms. The minimum Gasteiger partial charge on any atom is -0.449 e. The van der Waals surface area contributed by atoms with Gasteiger partial charge in [0.1, 0.15) is 11.8 Å². The van der Waals surface area contributed by atoms with Crippen LogP contribution in [0.2, 0.25) is 0 Å². The Morgan fingerprint density at radius 3 is 2.18 bits per heavy atom. The summed E-state index contributed by atoms with van der Waals surface area (Å²) in [7, 11) is 0. The molecular weight excluding hydrogens is 228 g/mol. The van der Waals surface area contributed by atoms with E-state index in [2.05, 4.69) is 10.2 Å². The van der Waals surface area contributed by atoms with Crippen molar-refractivity contribution in [2.24, 2.45) is 0 Å². The Kier molecular flexibility index (Phi) is 6.01. The Balaban J connectivity index is 4.80. The first-order valence-corrected chi connectivity index (χ1v) is 5.25. The highest BCUT2D eigenvalue weighted by Gasteiger charge is 2.33. The van der Waals surface area contributed by atoms with Crippen molar-refractivity contribution in [1.82, 2.24) is 10.4 Å². The number of hydrazine groups is 1. The van der Waals surface area contributed by atoms with Crippen molar-refractivity contribution in [3.8, 4) is 0 Å². The molecule has 0 radical (unpaired) electrons. The highest BCUT2D eigenvalue weighted by atomic mass is 16.6. The molecule has 0 atom stereocenters. The molecule has 0 aromatic heterocycles. The molecule has 0 bridgehead atoms. The molecule has 0 spiro atoms. The first-order valence-electron chi connectivity index (χ1n) is 5.25. The van der Waals surface area contributed by atoms with Gasteiger partial charge in [-0.05, 0) is 27.7 Å². The average molecular weight is 246 g/mol. The topological polar surface area (TPSA) is 84.9 Å². The fourth-order valence-corrected chi connectivity index (χ4v) is 0.920. The summed E-state index contributed by atoms with van der Waals surface area (Å²) in [5.41, 5.74) is 0.937. The standard InChI is InChI=1S/C10H18N2O5/c1-5-16-8(14)11-12(9(15)17-6-2)10(3,4)7-13/h7H,5-6H2,1-4H3,(H,11,14). The Labute approximate surface area is 100 Å². The van der Waals surface area contributed by atoms with E-state index in [1.165, 1.54) is 13.8 Å². The molecule has 0 aromatic carbocycles. The van der Waals surface area contributed by atoms with Crippen LogP contribution in [0, 0.1) is 0 Å². The SMILES string of the molecule is CCOC(=O)NN(C(=O)OCC)C(C)(C)C=O. The lowest BCUT2D eigenvalue weighted by atomic mass is 10.1. The molecule has 2 amide bonds. The zero-order chi connectivity index (χ0) is 13.5. The van der Waals surface area contributed by atoms with E-state index < -0.39 is 17.7 Å². The largest absolute Gasteiger partial charge is 0.449 e. The van der Waals surface area contributed by atoms with E-state index in [9.17, 15) is 14.4 Å². The molecule has 1 N–H and O–H groups in total. The van der Waals surface area contributed by atoms with Crippen molar-refractivity contribution in [2.75, 3.05) is 13.2 Å². The van der Waals surface area contributed by atoms with Crippen molar-refractivity contribution in [2.45, 2.75) is 33.2 Å². The van der Waals surface area contributed by atoms with Crippen LogP contribution < -0.4 is 5.43 Å². The van der Waals surface area contributed by atoms with Gasteiger partial charge in [-0.25, -0.2) is 20.0 Å². The summed E-state index contributed by atoms with van der Waals surface area (Å²) < 4.78 is 9.35. The van der Waals surface area contributed by atoms with Gasteiger partial charge in [0.25, 0.3) is 0 Å². The van der Waals surface area contributed by atoms with Crippen molar-refractivity contribution in [3.63, 3.8) is 0 Å². The molecule has 0 heterocycles. The zero-order valence-electron chi connectivity index (χ0n) is 10.5. The third kappa shape index (κ3) is 4.71. The van der Waals surface area contributed by atoms with E-state index >= 15 is 0 Å². The molecule has 0 aliphatic carbocycles. The first-order chi connectivity index (χ1) is 7.88. The first kappa shape index (κ1) is 15.2. The molecule has 0 saturated heterocycles. The average Bonchev–Trinajstić information content (AvgIpc) is 2.26. The summed E-state index contributed by atoms with van der Waals surface area (Å²) in [6.45, 7) is 6.46. The van der Waals surface area contributed by atoms with Crippen LogP contribution in [0.1, 0.15) is 27.7 Å². The second kappa shape index (κ2) is 6.72. The number of hydrogen-bond donors (Lipinski definition) is 1. The summed E-state index contributed by atoms with van der Waals surface area (Å²) in [5, 5.41) is 0.793. The molecule has 0 saturated carbocycles. The number of hydrogen-bond acceptors (Lipinski definition) is 5. The summed E-state index contributed by atoms with van der Waals surface area (Å²) in [6, 6.07) is 0. The van der Waals surface area contributed by atoms with Crippen molar-refractivity contribution in [1.29, 1.82) is 0 Å². The molecule has 0 rings (SSSR count).